The molecule has 0 aliphatic carbocycles. The molecule has 14 heavy (non-hydrogen) atoms. The average Bonchev–Trinajstić information content (AvgIpc) is 2.22. The van der Waals surface area contributed by atoms with E-state index in [4.69, 9.17) is 9.05 Å². The monoisotopic (exact) mass is 244 g/mol. The van der Waals surface area contributed by atoms with Crippen LogP contribution in [0.25, 0.3) is 0 Å². The Hall–Kier alpha value is 0.0400. The van der Waals surface area contributed by atoms with Crippen LogP contribution in [0, 0.1) is 0 Å². The van der Waals surface area contributed by atoms with E-state index in [0.29, 0.717) is 26.1 Å². The van der Waals surface area contributed by atoms with Gasteiger partial charge in [0.1, 0.15) is 13.2 Å². The van der Waals surface area contributed by atoms with E-state index in [1.807, 2.05) is 0 Å². The van der Waals surface area contributed by atoms with Crippen molar-refractivity contribution in [1.82, 2.24) is 0 Å². The van der Waals surface area contributed by atoms with Gasteiger partial charge in [-0.3, -0.25) is 0 Å². The van der Waals surface area contributed by atoms with E-state index >= 15 is 0 Å². The predicted octanol–water partition coefficient (Wildman–Crippen LogP) is 2.41. The van der Waals surface area contributed by atoms with Crippen LogP contribution in [-0.4, -0.2) is 27.4 Å². The minimum absolute atomic E-state index is 0.330. The summed E-state index contributed by atoms with van der Waals surface area (Å²) in [6, 6.07) is 0. The van der Waals surface area contributed by atoms with E-state index in [1.165, 1.54) is 14.2 Å². The van der Waals surface area contributed by atoms with Crippen molar-refractivity contribution in [3.8, 4) is 0 Å². The zero-order valence-corrected chi connectivity index (χ0v) is 9.96. The van der Waals surface area contributed by atoms with Gasteiger partial charge in [-0.1, -0.05) is 0 Å². The molecule has 82 valence electrons. The molecule has 0 spiro atoms. The first-order valence-corrected chi connectivity index (χ1v) is 6.18. The second kappa shape index (κ2) is 9.59. The lowest BCUT2D eigenvalue weighted by molar-refractivity contribution is 0.225. The van der Waals surface area contributed by atoms with Crippen molar-refractivity contribution in [3.63, 3.8) is 0 Å². The highest BCUT2D eigenvalue weighted by Crippen LogP contribution is 2.23. The summed E-state index contributed by atoms with van der Waals surface area (Å²) in [4.78, 5) is 0. The highest BCUT2D eigenvalue weighted by molar-refractivity contribution is 7.33. The van der Waals surface area contributed by atoms with Gasteiger partial charge in [-0.25, -0.2) is 0 Å². The first-order valence-electron chi connectivity index (χ1n) is 3.99. The summed E-state index contributed by atoms with van der Waals surface area (Å²) in [5.41, 5.74) is 0. The van der Waals surface area contributed by atoms with Gasteiger partial charge in [0.15, 0.2) is 0 Å². The third kappa shape index (κ3) is 8.63. The molecule has 0 heterocycles. The van der Waals surface area contributed by atoms with Gasteiger partial charge in [-0.05, 0) is 12.8 Å². The fourth-order valence-electron chi connectivity index (χ4n) is 0.588. The van der Waals surface area contributed by atoms with Crippen molar-refractivity contribution in [2.45, 2.75) is 12.8 Å². The molecule has 2 unspecified atom stereocenters. The van der Waals surface area contributed by atoms with Crippen molar-refractivity contribution >= 4 is 16.5 Å². The molecular weight excluding hydrogens is 230 g/mol. The first-order chi connectivity index (χ1) is 6.70. The van der Waals surface area contributed by atoms with Gasteiger partial charge in [0, 0.05) is 9.13 Å². The zero-order valence-electron chi connectivity index (χ0n) is 8.17. The lowest BCUT2D eigenvalue weighted by atomic mass is 10.3. The van der Waals surface area contributed by atoms with Crippen molar-refractivity contribution in [2.75, 3.05) is 27.4 Å². The predicted molar refractivity (Wildman–Crippen MR) is 50.4 cm³/mol. The summed E-state index contributed by atoms with van der Waals surface area (Å²) in [5.74, 6) is 0. The summed E-state index contributed by atoms with van der Waals surface area (Å²) in [5, 5.41) is 0. The number of hydrogen-bond donors (Lipinski definition) is 0. The topological polar surface area (TPSA) is 71.1 Å². The molecule has 0 amide bonds. The van der Waals surface area contributed by atoms with Gasteiger partial charge in [-0.2, -0.15) is 0 Å². The Morgan fingerprint density at radius 2 is 1.21 bits per heavy atom. The van der Waals surface area contributed by atoms with Crippen LogP contribution >= 0.6 is 16.5 Å². The van der Waals surface area contributed by atoms with Gasteiger partial charge in [0.25, 0.3) is 0 Å². The fraction of sp³-hybridized carbons (Fsp3) is 1.00. The Labute approximate surface area is 84.8 Å². The van der Waals surface area contributed by atoms with Crippen LogP contribution in [0.5, 0.6) is 0 Å². The van der Waals surface area contributed by atoms with Crippen LogP contribution < -0.4 is 0 Å². The quantitative estimate of drug-likeness (QED) is 0.458. The van der Waals surface area contributed by atoms with Crippen LogP contribution in [0.15, 0.2) is 0 Å². The molecular formula is C6H14O6P2+2. The van der Waals surface area contributed by atoms with Crippen LogP contribution in [-0.2, 0) is 27.2 Å². The van der Waals surface area contributed by atoms with Crippen LogP contribution in [0.2, 0.25) is 0 Å². The van der Waals surface area contributed by atoms with Gasteiger partial charge in [0.05, 0.1) is 14.2 Å². The third-order valence-corrected chi connectivity index (χ3v) is 2.61. The second-order valence-corrected chi connectivity index (χ2v) is 4.33. The lowest BCUT2D eigenvalue weighted by Gasteiger charge is -1.90. The smallest absolute Gasteiger partial charge is 0.122 e. The molecule has 0 aliphatic heterocycles. The highest BCUT2D eigenvalue weighted by atomic mass is 31.1. The highest BCUT2D eigenvalue weighted by Gasteiger charge is 2.17. The molecule has 0 aliphatic rings. The number of rotatable bonds is 9. The largest absolute Gasteiger partial charge is 0.697 e. The van der Waals surface area contributed by atoms with E-state index in [1.54, 1.807) is 0 Å². The molecule has 0 radical (unpaired) electrons. The Balaban J connectivity index is 3.14. The van der Waals surface area contributed by atoms with Crippen molar-refractivity contribution in [1.29, 1.82) is 0 Å². The van der Waals surface area contributed by atoms with Crippen LogP contribution in [0.4, 0.5) is 0 Å². The Morgan fingerprint density at radius 3 is 1.50 bits per heavy atom. The van der Waals surface area contributed by atoms with Crippen LogP contribution in [0.3, 0.4) is 0 Å². The van der Waals surface area contributed by atoms with E-state index in [0.717, 1.165) is 0 Å². The molecule has 0 rings (SSSR count). The van der Waals surface area contributed by atoms with Crippen molar-refractivity contribution < 1.29 is 27.2 Å². The Morgan fingerprint density at radius 1 is 0.857 bits per heavy atom. The average molecular weight is 244 g/mol. The molecule has 6 nitrogen and oxygen atoms in total. The molecule has 0 N–H and O–H groups in total. The van der Waals surface area contributed by atoms with Crippen molar-refractivity contribution in [2.24, 2.45) is 0 Å². The summed E-state index contributed by atoms with van der Waals surface area (Å²) in [7, 11) is -1.35. The summed E-state index contributed by atoms with van der Waals surface area (Å²) in [6.45, 7) is 0.659. The lowest BCUT2D eigenvalue weighted by Crippen LogP contribution is -1.92. The van der Waals surface area contributed by atoms with E-state index in [9.17, 15) is 9.13 Å². The molecule has 0 saturated heterocycles. The normalized spacial score (nSPS) is 12.7. The molecule has 0 aromatic rings. The maximum Gasteiger partial charge on any atom is 0.697 e. The molecule has 8 heteroatoms. The summed E-state index contributed by atoms with van der Waals surface area (Å²) in [6.07, 6.45) is 1.33. The molecule has 2 atom stereocenters. The molecule has 0 bridgehead atoms. The Kier molecular flexibility index (Phi) is 9.62. The van der Waals surface area contributed by atoms with Gasteiger partial charge in [0.2, 0.25) is 0 Å². The molecule has 0 aromatic carbocycles. The maximum absolute atomic E-state index is 10.6. The number of hydrogen-bond acceptors (Lipinski definition) is 6. The fourth-order valence-corrected chi connectivity index (χ4v) is 1.35. The van der Waals surface area contributed by atoms with Crippen LogP contribution in [0.1, 0.15) is 12.8 Å². The summed E-state index contributed by atoms with van der Waals surface area (Å²) >= 11 is 0. The third-order valence-electron chi connectivity index (χ3n) is 1.23. The van der Waals surface area contributed by atoms with Crippen molar-refractivity contribution in [3.05, 3.63) is 0 Å². The second-order valence-electron chi connectivity index (χ2n) is 2.19. The SMILES string of the molecule is CO[P+](=O)OCCCCO[P+](=O)OC. The van der Waals surface area contributed by atoms with E-state index in [-0.39, 0.29) is 0 Å². The standard InChI is InChI=1S/C6H14O6P2/c1-9-13(7)11-5-3-4-6-12-14(8)10-2/h3-6H2,1-2H3/q+2. The van der Waals surface area contributed by atoms with Gasteiger partial charge < -0.3 is 0 Å². The van der Waals surface area contributed by atoms with Gasteiger partial charge >= 0.3 is 16.5 Å². The van der Waals surface area contributed by atoms with E-state index < -0.39 is 16.5 Å². The van der Waals surface area contributed by atoms with Gasteiger partial charge in [-0.15, -0.1) is 18.1 Å². The van der Waals surface area contributed by atoms with E-state index in [2.05, 4.69) is 9.05 Å². The first kappa shape index (κ1) is 14.0. The minimum Gasteiger partial charge on any atom is -0.122 e. The summed E-state index contributed by atoms with van der Waals surface area (Å²) < 4.78 is 39.5. The molecule has 0 aromatic heterocycles. The zero-order chi connectivity index (χ0) is 10.8. The Bertz CT molecular complexity index is 165. The maximum atomic E-state index is 10.6. The number of unbranched alkanes of at least 4 members (excludes halogenated alkanes) is 1. The minimum atomic E-state index is -1.99. The molecule has 0 saturated carbocycles. The molecule has 0 fully saturated rings.